The summed E-state index contributed by atoms with van der Waals surface area (Å²) in [5.74, 6) is 1.60. The minimum Gasteiger partial charge on any atom is -0.494 e. The number of hydrogen-bond acceptors (Lipinski definition) is 1. The summed E-state index contributed by atoms with van der Waals surface area (Å²) in [7, 11) is 0. The fourth-order valence-electron chi connectivity index (χ4n) is 2.61. The van der Waals surface area contributed by atoms with E-state index in [1.807, 2.05) is 6.92 Å². The van der Waals surface area contributed by atoms with Crippen molar-refractivity contribution in [3.8, 4) is 5.75 Å². The second kappa shape index (κ2) is 6.30. The SMILES string of the molecule is CCOc1ccc(C2CCCCC(Cl)C2)cc1. The molecule has 0 N–H and O–H groups in total. The van der Waals surface area contributed by atoms with E-state index in [-0.39, 0.29) is 0 Å². The molecule has 1 aromatic rings. The molecular weight excluding hydrogens is 232 g/mol. The summed E-state index contributed by atoms with van der Waals surface area (Å²) < 4.78 is 5.47. The Morgan fingerprint density at radius 2 is 1.88 bits per heavy atom. The monoisotopic (exact) mass is 252 g/mol. The van der Waals surface area contributed by atoms with E-state index < -0.39 is 0 Å². The molecule has 17 heavy (non-hydrogen) atoms. The van der Waals surface area contributed by atoms with Crippen molar-refractivity contribution in [1.82, 2.24) is 0 Å². The van der Waals surface area contributed by atoms with Crippen molar-refractivity contribution < 1.29 is 4.74 Å². The van der Waals surface area contributed by atoms with Gasteiger partial charge in [-0.1, -0.05) is 25.0 Å². The van der Waals surface area contributed by atoms with Crippen LogP contribution in [-0.4, -0.2) is 12.0 Å². The number of benzene rings is 1. The van der Waals surface area contributed by atoms with Gasteiger partial charge in [-0.2, -0.15) is 0 Å². The van der Waals surface area contributed by atoms with E-state index in [4.69, 9.17) is 16.3 Å². The van der Waals surface area contributed by atoms with Crippen molar-refractivity contribution in [3.05, 3.63) is 29.8 Å². The van der Waals surface area contributed by atoms with Crippen molar-refractivity contribution in [1.29, 1.82) is 0 Å². The molecule has 1 saturated carbocycles. The molecule has 0 bridgehead atoms. The lowest BCUT2D eigenvalue weighted by molar-refractivity contribution is 0.340. The Balaban J connectivity index is 2.04. The van der Waals surface area contributed by atoms with Crippen LogP contribution in [0.3, 0.4) is 0 Å². The second-order valence-corrected chi connectivity index (χ2v) is 5.43. The molecule has 1 aliphatic rings. The van der Waals surface area contributed by atoms with Crippen LogP contribution < -0.4 is 4.74 Å². The topological polar surface area (TPSA) is 9.23 Å². The summed E-state index contributed by atoms with van der Waals surface area (Å²) in [5, 5.41) is 0.356. The zero-order valence-corrected chi connectivity index (χ0v) is 11.2. The Bertz CT molecular complexity index is 333. The third-order valence-corrected chi connectivity index (χ3v) is 3.92. The maximum absolute atomic E-state index is 6.32. The van der Waals surface area contributed by atoms with Crippen molar-refractivity contribution in [3.63, 3.8) is 0 Å². The van der Waals surface area contributed by atoms with E-state index in [1.165, 1.54) is 31.2 Å². The standard InChI is InChI=1S/C15H21ClO/c1-2-17-15-9-7-12(8-10-15)13-5-3-4-6-14(16)11-13/h7-10,13-14H,2-6,11H2,1H3. The summed E-state index contributed by atoms with van der Waals surface area (Å²) in [5.41, 5.74) is 1.42. The van der Waals surface area contributed by atoms with Crippen LogP contribution in [0.15, 0.2) is 24.3 Å². The highest BCUT2D eigenvalue weighted by atomic mass is 35.5. The highest BCUT2D eigenvalue weighted by Crippen LogP contribution is 2.34. The van der Waals surface area contributed by atoms with Gasteiger partial charge in [-0.3, -0.25) is 0 Å². The number of hydrogen-bond donors (Lipinski definition) is 0. The van der Waals surface area contributed by atoms with Crippen LogP contribution in [0.1, 0.15) is 50.5 Å². The fraction of sp³-hybridized carbons (Fsp3) is 0.600. The summed E-state index contributed by atoms with van der Waals surface area (Å²) >= 11 is 6.32. The van der Waals surface area contributed by atoms with Crippen molar-refractivity contribution >= 4 is 11.6 Å². The number of ether oxygens (including phenoxy) is 1. The highest BCUT2D eigenvalue weighted by Gasteiger charge is 2.19. The molecule has 0 amide bonds. The maximum atomic E-state index is 6.32. The molecule has 2 rings (SSSR count). The summed E-state index contributed by atoms with van der Waals surface area (Å²) in [4.78, 5) is 0. The molecule has 94 valence electrons. The minimum atomic E-state index is 0.356. The Hall–Kier alpha value is -0.690. The van der Waals surface area contributed by atoms with Gasteiger partial charge in [0, 0.05) is 5.38 Å². The highest BCUT2D eigenvalue weighted by molar-refractivity contribution is 6.20. The predicted molar refractivity (Wildman–Crippen MR) is 73.1 cm³/mol. The predicted octanol–water partition coefficient (Wildman–Crippen LogP) is 4.74. The summed E-state index contributed by atoms with van der Waals surface area (Å²) in [6.45, 7) is 2.74. The van der Waals surface area contributed by atoms with Gasteiger partial charge in [-0.15, -0.1) is 11.6 Å². The van der Waals surface area contributed by atoms with Gasteiger partial charge in [-0.05, 0) is 49.8 Å². The number of alkyl halides is 1. The van der Waals surface area contributed by atoms with E-state index in [0.29, 0.717) is 11.3 Å². The van der Waals surface area contributed by atoms with Gasteiger partial charge in [0.15, 0.2) is 0 Å². The largest absolute Gasteiger partial charge is 0.494 e. The first kappa shape index (κ1) is 12.8. The molecule has 0 aliphatic heterocycles. The van der Waals surface area contributed by atoms with Crippen LogP contribution in [0.4, 0.5) is 0 Å². The first-order chi connectivity index (χ1) is 8.29. The van der Waals surface area contributed by atoms with Gasteiger partial charge in [0.1, 0.15) is 5.75 Å². The van der Waals surface area contributed by atoms with Crippen LogP contribution in [0.2, 0.25) is 0 Å². The van der Waals surface area contributed by atoms with Crippen LogP contribution in [-0.2, 0) is 0 Å². The van der Waals surface area contributed by atoms with Crippen LogP contribution in [0.5, 0.6) is 5.75 Å². The van der Waals surface area contributed by atoms with Gasteiger partial charge in [0.25, 0.3) is 0 Å². The average Bonchev–Trinajstić information content (AvgIpc) is 2.55. The van der Waals surface area contributed by atoms with E-state index in [9.17, 15) is 0 Å². The molecule has 0 saturated heterocycles. The van der Waals surface area contributed by atoms with Gasteiger partial charge < -0.3 is 4.74 Å². The van der Waals surface area contributed by atoms with Gasteiger partial charge in [0.05, 0.1) is 6.61 Å². The zero-order chi connectivity index (χ0) is 12.1. The molecule has 1 aromatic carbocycles. The second-order valence-electron chi connectivity index (χ2n) is 4.82. The Kier molecular flexibility index (Phi) is 4.73. The zero-order valence-electron chi connectivity index (χ0n) is 10.5. The first-order valence-corrected chi connectivity index (χ1v) is 7.10. The molecule has 1 aliphatic carbocycles. The fourth-order valence-corrected chi connectivity index (χ4v) is 2.98. The molecule has 1 fully saturated rings. The van der Waals surface area contributed by atoms with Crippen LogP contribution >= 0.6 is 11.6 Å². The molecule has 2 heteroatoms. The molecule has 1 nitrogen and oxygen atoms in total. The Morgan fingerprint density at radius 3 is 2.59 bits per heavy atom. The smallest absolute Gasteiger partial charge is 0.119 e. The van der Waals surface area contributed by atoms with Crippen LogP contribution in [0, 0.1) is 0 Å². The lowest BCUT2D eigenvalue weighted by atomic mass is 9.92. The van der Waals surface area contributed by atoms with Gasteiger partial charge >= 0.3 is 0 Å². The van der Waals surface area contributed by atoms with Gasteiger partial charge in [0.2, 0.25) is 0 Å². The van der Waals surface area contributed by atoms with Crippen molar-refractivity contribution in [2.24, 2.45) is 0 Å². The first-order valence-electron chi connectivity index (χ1n) is 6.66. The lowest BCUT2D eigenvalue weighted by Crippen LogP contribution is -2.04. The molecule has 0 radical (unpaired) electrons. The lowest BCUT2D eigenvalue weighted by Gasteiger charge is -2.17. The Labute approximate surface area is 109 Å². The summed E-state index contributed by atoms with van der Waals surface area (Å²) in [6, 6.07) is 8.55. The van der Waals surface area contributed by atoms with E-state index in [2.05, 4.69) is 24.3 Å². The van der Waals surface area contributed by atoms with Crippen LogP contribution in [0.25, 0.3) is 0 Å². The summed E-state index contributed by atoms with van der Waals surface area (Å²) in [6.07, 6.45) is 6.16. The minimum absolute atomic E-state index is 0.356. The normalized spacial score (nSPS) is 25.3. The van der Waals surface area contributed by atoms with Crippen molar-refractivity contribution in [2.45, 2.75) is 50.3 Å². The molecule has 2 unspecified atom stereocenters. The quantitative estimate of drug-likeness (QED) is 0.558. The molecule has 0 aromatic heterocycles. The molecule has 2 atom stereocenters. The van der Waals surface area contributed by atoms with E-state index in [1.54, 1.807) is 0 Å². The van der Waals surface area contributed by atoms with Crippen molar-refractivity contribution in [2.75, 3.05) is 6.61 Å². The average molecular weight is 253 g/mol. The number of halogens is 1. The van der Waals surface area contributed by atoms with E-state index >= 15 is 0 Å². The van der Waals surface area contributed by atoms with Gasteiger partial charge in [-0.25, -0.2) is 0 Å². The molecule has 0 spiro atoms. The third kappa shape index (κ3) is 3.64. The number of rotatable bonds is 3. The Morgan fingerprint density at radius 1 is 1.18 bits per heavy atom. The third-order valence-electron chi connectivity index (χ3n) is 3.52. The maximum Gasteiger partial charge on any atom is 0.119 e. The molecule has 0 heterocycles. The molecular formula is C15H21ClO. The van der Waals surface area contributed by atoms with E-state index in [0.717, 1.165) is 18.8 Å².